The number of benzene rings is 2. The Morgan fingerprint density at radius 2 is 1.63 bits per heavy atom. The van der Waals surface area contributed by atoms with Gasteiger partial charge in [0.05, 0.1) is 0 Å². The first-order chi connectivity index (χ1) is 16.9. The second kappa shape index (κ2) is 9.80. The van der Waals surface area contributed by atoms with Crippen molar-refractivity contribution in [2.45, 2.75) is 63.4 Å². The highest BCUT2D eigenvalue weighted by Gasteiger charge is 2.45. The number of allylic oxidation sites excluding steroid dienone is 2. The Balaban J connectivity index is 1.54. The van der Waals surface area contributed by atoms with Crippen molar-refractivity contribution in [3.8, 4) is 0 Å². The van der Waals surface area contributed by atoms with Crippen LogP contribution in [0.3, 0.4) is 0 Å². The average Bonchev–Trinajstić information content (AvgIpc) is 3.36. The fourth-order valence-corrected chi connectivity index (χ4v) is 5.91. The molecule has 0 aromatic heterocycles. The van der Waals surface area contributed by atoms with Crippen molar-refractivity contribution in [1.82, 2.24) is 0 Å². The first kappa shape index (κ1) is 23.5. The Morgan fingerprint density at radius 3 is 2.29 bits per heavy atom. The van der Waals surface area contributed by atoms with E-state index in [9.17, 15) is 9.59 Å². The van der Waals surface area contributed by atoms with Gasteiger partial charge in [0.1, 0.15) is 12.0 Å². The smallest absolute Gasteiger partial charge is 0.315 e. The molecule has 1 saturated carbocycles. The van der Waals surface area contributed by atoms with Crippen molar-refractivity contribution in [2.24, 2.45) is 10.9 Å². The van der Waals surface area contributed by atoms with Crippen LogP contribution in [-0.2, 0) is 14.3 Å². The Labute approximate surface area is 207 Å². The van der Waals surface area contributed by atoms with E-state index in [1.165, 1.54) is 0 Å². The summed E-state index contributed by atoms with van der Waals surface area (Å²) >= 11 is 0. The molecule has 0 saturated heterocycles. The molecule has 0 spiro atoms. The summed E-state index contributed by atoms with van der Waals surface area (Å²) in [4.78, 5) is 34.2. The number of anilines is 1. The third kappa shape index (κ3) is 4.69. The van der Waals surface area contributed by atoms with Gasteiger partial charge < -0.3 is 9.64 Å². The maximum atomic E-state index is 13.7. The summed E-state index contributed by atoms with van der Waals surface area (Å²) in [5.41, 5.74) is 5.49. The van der Waals surface area contributed by atoms with Crippen LogP contribution in [0.1, 0.15) is 68.4 Å². The van der Waals surface area contributed by atoms with Crippen LogP contribution in [0.25, 0.3) is 0 Å². The molecule has 1 fully saturated rings. The summed E-state index contributed by atoms with van der Waals surface area (Å²) in [6.45, 7) is 1.92. The predicted molar refractivity (Wildman–Crippen MR) is 139 cm³/mol. The molecule has 35 heavy (non-hydrogen) atoms. The number of hydrogen-bond acceptors (Lipinski definition) is 5. The van der Waals surface area contributed by atoms with Gasteiger partial charge >= 0.3 is 5.97 Å². The van der Waals surface area contributed by atoms with Crippen molar-refractivity contribution in [3.63, 3.8) is 0 Å². The number of carbonyl (C=O) groups excluding carboxylic acids is 2. The van der Waals surface area contributed by atoms with Gasteiger partial charge in [0.15, 0.2) is 5.78 Å². The number of rotatable bonds is 5. The van der Waals surface area contributed by atoms with Crippen LogP contribution in [-0.4, -0.2) is 37.7 Å². The highest BCUT2D eigenvalue weighted by molar-refractivity contribution is 6.09. The molecule has 1 unspecified atom stereocenters. The highest BCUT2D eigenvalue weighted by Crippen LogP contribution is 2.47. The lowest BCUT2D eigenvalue weighted by atomic mass is 9.69. The van der Waals surface area contributed by atoms with E-state index in [2.05, 4.69) is 36.4 Å². The van der Waals surface area contributed by atoms with Crippen LogP contribution in [0.4, 0.5) is 5.69 Å². The van der Waals surface area contributed by atoms with E-state index in [1.807, 2.05) is 44.1 Å². The molecule has 5 rings (SSSR count). The van der Waals surface area contributed by atoms with E-state index < -0.39 is 5.92 Å². The summed E-state index contributed by atoms with van der Waals surface area (Å²) < 4.78 is 5.98. The number of hydrogen-bond donors (Lipinski definition) is 0. The van der Waals surface area contributed by atoms with Gasteiger partial charge in [-0.15, -0.1) is 0 Å². The number of carbonyl (C=O) groups is 2. The van der Waals surface area contributed by atoms with Gasteiger partial charge in [-0.3, -0.25) is 14.6 Å². The van der Waals surface area contributed by atoms with Gasteiger partial charge in [-0.25, -0.2) is 0 Å². The molecule has 182 valence electrons. The first-order valence-electron chi connectivity index (χ1n) is 12.8. The molecule has 0 N–H and O–H groups in total. The molecule has 2 aromatic rings. The van der Waals surface area contributed by atoms with Crippen LogP contribution in [0, 0.1) is 5.92 Å². The SMILES string of the molecule is CC1=NC2=C(C(=O)C[C@@H](c3ccccc3)C2)[C@@H](c2ccc(N(C)C)cc2)C1C(=O)OC1CCCC1. The van der Waals surface area contributed by atoms with E-state index in [1.54, 1.807) is 0 Å². The minimum atomic E-state index is -0.572. The van der Waals surface area contributed by atoms with E-state index in [-0.39, 0.29) is 29.7 Å². The minimum absolute atomic E-state index is 0.0213. The lowest BCUT2D eigenvalue weighted by Crippen LogP contribution is -2.39. The first-order valence-corrected chi connectivity index (χ1v) is 12.8. The average molecular weight is 471 g/mol. The number of ketones is 1. The lowest BCUT2D eigenvalue weighted by molar-refractivity contribution is -0.151. The molecular weight excluding hydrogens is 436 g/mol. The molecule has 2 aliphatic carbocycles. The molecule has 0 radical (unpaired) electrons. The second-order valence-corrected chi connectivity index (χ2v) is 10.3. The molecule has 0 amide bonds. The summed E-state index contributed by atoms with van der Waals surface area (Å²) in [5, 5.41) is 0. The van der Waals surface area contributed by atoms with Gasteiger partial charge in [0.2, 0.25) is 0 Å². The van der Waals surface area contributed by atoms with Crippen molar-refractivity contribution in [2.75, 3.05) is 19.0 Å². The Bertz CT molecular complexity index is 1160. The fraction of sp³-hybridized carbons (Fsp3) is 0.433. The van der Waals surface area contributed by atoms with Crippen LogP contribution < -0.4 is 4.90 Å². The molecule has 0 bridgehead atoms. The second-order valence-electron chi connectivity index (χ2n) is 10.3. The number of nitrogens with zero attached hydrogens (tertiary/aromatic N) is 2. The van der Waals surface area contributed by atoms with Crippen molar-refractivity contribution < 1.29 is 14.3 Å². The van der Waals surface area contributed by atoms with Crippen LogP contribution in [0.15, 0.2) is 70.9 Å². The Kier molecular flexibility index (Phi) is 6.59. The standard InChI is InChI=1S/C30H34N2O3/c1-19-27(30(34)35-24-11-7-8-12-24)28(21-13-15-23(16-14-21)32(2)3)29-25(31-19)17-22(18-26(29)33)20-9-5-4-6-10-20/h4-6,9-10,13-16,22,24,27-28H,7-8,11-12,17-18H2,1-3H3/t22-,27?,28-/m0/s1. The normalized spacial score (nSPS) is 24.7. The third-order valence-electron chi connectivity index (χ3n) is 7.77. The maximum Gasteiger partial charge on any atom is 0.315 e. The summed E-state index contributed by atoms with van der Waals surface area (Å²) in [5.74, 6) is -0.979. The molecule has 1 heterocycles. The maximum absolute atomic E-state index is 13.7. The summed E-state index contributed by atoms with van der Waals surface area (Å²) in [6.07, 6.45) is 5.16. The van der Waals surface area contributed by atoms with Gasteiger partial charge in [0.25, 0.3) is 0 Å². The van der Waals surface area contributed by atoms with Gasteiger partial charge in [0, 0.05) is 49.1 Å². The van der Waals surface area contributed by atoms with Gasteiger partial charge in [-0.1, -0.05) is 42.5 Å². The quantitative estimate of drug-likeness (QED) is 0.517. The zero-order valence-electron chi connectivity index (χ0n) is 20.9. The monoisotopic (exact) mass is 470 g/mol. The van der Waals surface area contributed by atoms with Crippen molar-refractivity contribution in [1.29, 1.82) is 0 Å². The van der Waals surface area contributed by atoms with E-state index in [0.29, 0.717) is 18.4 Å². The number of aliphatic imine (C=N–C) groups is 1. The lowest BCUT2D eigenvalue weighted by Gasteiger charge is -2.37. The minimum Gasteiger partial charge on any atom is -0.462 e. The number of Topliss-reactive ketones (excluding diaryl/α,β-unsaturated/α-hetero) is 1. The summed E-state index contributed by atoms with van der Waals surface area (Å²) in [7, 11) is 4.01. The van der Waals surface area contributed by atoms with Gasteiger partial charge in [-0.2, -0.15) is 0 Å². The molecule has 3 atom stereocenters. The summed E-state index contributed by atoms with van der Waals surface area (Å²) in [6, 6.07) is 18.4. The largest absolute Gasteiger partial charge is 0.462 e. The number of esters is 1. The Hall–Kier alpha value is -3.21. The Morgan fingerprint density at radius 1 is 0.943 bits per heavy atom. The molecule has 5 heteroatoms. The van der Waals surface area contributed by atoms with Gasteiger partial charge in [-0.05, 0) is 68.2 Å². The zero-order chi connectivity index (χ0) is 24.5. The fourth-order valence-electron chi connectivity index (χ4n) is 5.91. The van der Waals surface area contributed by atoms with Crippen LogP contribution >= 0.6 is 0 Å². The van der Waals surface area contributed by atoms with Crippen molar-refractivity contribution >= 4 is 23.2 Å². The number of ether oxygens (including phenoxy) is 1. The molecule has 3 aliphatic rings. The van der Waals surface area contributed by atoms with Crippen molar-refractivity contribution in [3.05, 3.63) is 77.0 Å². The van der Waals surface area contributed by atoms with E-state index in [0.717, 1.165) is 53.9 Å². The van der Waals surface area contributed by atoms with Crippen LogP contribution in [0.2, 0.25) is 0 Å². The van der Waals surface area contributed by atoms with Crippen LogP contribution in [0.5, 0.6) is 0 Å². The molecule has 2 aromatic carbocycles. The molecule has 1 aliphatic heterocycles. The third-order valence-corrected chi connectivity index (χ3v) is 7.77. The molecular formula is C30H34N2O3. The zero-order valence-corrected chi connectivity index (χ0v) is 20.9. The molecule has 5 nitrogen and oxygen atoms in total. The highest BCUT2D eigenvalue weighted by atomic mass is 16.5. The topological polar surface area (TPSA) is 59.0 Å². The van der Waals surface area contributed by atoms with E-state index in [4.69, 9.17) is 9.73 Å². The van der Waals surface area contributed by atoms with E-state index >= 15 is 0 Å². The predicted octanol–water partition coefficient (Wildman–Crippen LogP) is 5.81.